The number of allylic oxidation sites excluding steroid dienone is 9. The first-order valence-corrected chi connectivity index (χ1v) is 7.48. The molecule has 0 aliphatic heterocycles. The highest BCUT2D eigenvalue weighted by molar-refractivity contribution is 5.75. The maximum Gasteiger partial charge on any atom is 0.123 e. The first kappa shape index (κ1) is 15.8. The van der Waals surface area contributed by atoms with Crippen LogP contribution < -0.4 is 0 Å². The molecule has 0 saturated carbocycles. The van der Waals surface area contributed by atoms with Crippen molar-refractivity contribution in [2.75, 3.05) is 0 Å². The van der Waals surface area contributed by atoms with Crippen molar-refractivity contribution in [3.05, 3.63) is 96.3 Å². The highest BCUT2D eigenvalue weighted by atomic mass is 16.3. The summed E-state index contributed by atoms with van der Waals surface area (Å²) in [7, 11) is 0. The largest absolute Gasteiger partial charge is 0.507 e. The Morgan fingerprint density at radius 1 is 1.36 bits per heavy atom. The second-order valence-electron chi connectivity index (χ2n) is 5.28. The second-order valence-corrected chi connectivity index (χ2v) is 5.28. The Kier molecular flexibility index (Phi) is 5.37. The van der Waals surface area contributed by atoms with Gasteiger partial charge in [-0.15, -0.1) is 0 Å². The van der Waals surface area contributed by atoms with Gasteiger partial charge in [0, 0.05) is 5.56 Å². The maximum absolute atomic E-state index is 9.84. The number of phenolic OH excluding ortho intramolecular Hbond substituents is 1. The first-order chi connectivity index (χ1) is 10.6. The summed E-state index contributed by atoms with van der Waals surface area (Å²) >= 11 is 0. The molecule has 1 aliphatic carbocycles. The Bertz CT molecular complexity index is 656. The van der Waals surface area contributed by atoms with Gasteiger partial charge in [0.2, 0.25) is 0 Å². The van der Waals surface area contributed by atoms with E-state index in [2.05, 4.69) is 57.2 Å². The lowest BCUT2D eigenvalue weighted by molar-refractivity contribution is 0.474. The van der Waals surface area contributed by atoms with Crippen molar-refractivity contribution in [1.82, 2.24) is 0 Å². The molecule has 2 rings (SSSR count). The molecule has 0 amide bonds. The minimum Gasteiger partial charge on any atom is -0.507 e. The summed E-state index contributed by atoms with van der Waals surface area (Å²) in [5.74, 6) is 1.55. The average Bonchev–Trinajstić information content (AvgIpc) is 2.55. The van der Waals surface area contributed by atoms with E-state index < -0.39 is 0 Å². The van der Waals surface area contributed by atoms with Crippen LogP contribution in [0.1, 0.15) is 25.8 Å². The summed E-state index contributed by atoms with van der Waals surface area (Å²) in [4.78, 5) is 0. The third-order valence-corrected chi connectivity index (χ3v) is 3.78. The van der Waals surface area contributed by atoms with Gasteiger partial charge < -0.3 is 5.11 Å². The van der Waals surface area contributed by atoms with Crippen molar-refractivity contribution in [3.8, 4) is 5.75 Å². The number of hydrogen-bond acceptors (Lipinski definition) is 1. The molecular formula is C21H22O-2. The number of benzene rings is 1. The molecule has 114 valence electrons. The van der Waals surface area contributed by atoms with Crippen LogP contribution in [-0.4, -0.2) is 5.11 Å². The molecule has 0 bridgehead atoms. The molecule has 1 N–H and O–H groups in total. The highest BCUT2D eigenvalue weighted by Crippen LogP contribution is 2.31. The third kappa shape index (κ3) is 3.76. The molecule has 0 saturated heterocycles. The van der Waals surface area contributed by atoms with Crippen molar-refractivity contribution in [2.45, 2.75) is 20.3 Å². The van der Waals surface area contributed by atoms with Crippen LogP contribution in [0.25, 0.3) is 5.57 Å². The van der Waals surface area contributed by atoms with Crippen molar-refractivity contribution in [3.63, 3.8) is 0 Å². The van der Waals surface area contributed by atoms with Crippen LogP contribution in [0.5, 0.6) is 5.75 Å². The van der Waals surface area contributed by atoms with Crippen molar-refractivity contribution < 1.29 is 5.11 Å². The van der Waals surface area contributed by atoms with E-state index in [9.17, 15) is 5.11 Å². The monoisotopic (exact) mass is 290 g/mol. The summed E-state index contributed by atoms with van der Waals surface area (Å²) in [6.45, 7) is 8.22. The topological polar surface area (TPSA) is 20.2 Å². The Morgan fingerprint density at radius 2 is 2.14 bits per heavy atom. The van der Waals surface area contributed by atoms with E-state index in [1.165, 1.54) is 17.1 Å². The van der Waals surface area contributed by atoms with E-state index in [1.54, 1.807) is 6.07 Å². The molecule has 0 aromatic heterocycles. The molecule has 0 spiro atoms. The lowest BCUT2D eigenvalue weighted by atomic mass is 9.85. The zero-order chi connectivity index (χ0) is 15.9. The Labute approximate surface area is 133 Å². The average molecular weight is 290 g/mol. The molecule has 0 radical (unpaired) electrons. The summed E-state index contributed by atoms with van der Waals surface area (Å²) in [6, 6.07) is 7.27. The lowest BCUT2D eigenvalue weighted by Crippen LogP contribution is -2.03. The molecule has 0 unspecified atom stereocenters. The summed E-state index contributed by atoms with van der Waals surface area (Å²) in [6.07, 6.45) is 15.5. The number of aromatic hydroxyl groups is 1. The Hall–Kier alpha value is -2.54. The first-order valence-electron chi connectivity index (χ1n) is 7.48. The zero-order valence-electron chi connectivity index (χ0n) is 13.2. The molecule has 1 aromatic carbocycles. The van der Waals surface area contributed by atoms with Gasteiger partial charge in [0.1, 0.15) is 5.75 Å². The van der Waals surface area contributed by atoms with Crippen LogP contribution in [0.4, 0.5) is 0 Å². The van der Waals surface area contributed by atoms with Crippen LogP contribution in [0.3, 0.4) is 0 Å². The summed E-state index contributed by atoms with van der Waals surface area (Å²) in [5, 5.41) is 9.84. The highest BCUT2D eigenvalue weighted by Gasteiger charge is 2.01. The van der Waals surface area contributed by atoms with Crippen LogP contribution in [0.15, 0.2) is 78.4 Å². The SMILES string of the molecule is C=C(/C=C\CC1=C[CH-]C=C[C-]1C(C)=CC)c1ccccc1O. The van der Waals surface area contributed by atoms with Gasteiger partial charge in [-0.05, 0) is 11.6 Å². The number of rotatable bonds is 5. The normalized spacial score (nSPS) is 14.9. The van der Waals surface area contributed by atoms with E-state index >= 15 is 0 Å². The van der Waals surface area contributed by atoms with Gasteiger partial charge in [-0.3, -0.25) is 12.5 Å². The molecule has 0 atom stereocenters. The van der Waals surface area contributed by atoms with E-state index in [-0.39, 0.29) is 5.75 Å². The van der Waals surface area contributed by atoms with E-state index in [0.29, 0.717) is 0 Å². The van der Waals surface area contributed by atoms with Crippen LogP contribution in [-0.2, 0) is 0 Å². The predicted molar refractivity (Wildman–Crippen MR) is 95.1 cm³/mol. The molecular weight excluding hydrogens is 268 g/mol. The standard InChI is InChI=1S/C21H22O/c1-4-16(2)19-13-6-5-11-18(19)12-9-10-17(3)20-14-7-8-15-21(20)22/h4-11,13-15,22H,3,12H2,1-2H3/q-2/b10-9-,16-4?. The van der Waals surface area contributed by atoms with Crippen molar-refractivity contribution in [2.24, 2.45) is 0 Å². The predicted octanol–water partition coefficient (Wildman–Crippen LogP) is 5.59. The molecule has 0 fully saturated rings. The van der Waals surface area contributed by atoms with Crippen molar-refractivity contribution in [1.29, 1.82) is 0 Å². The minimum absolute atomic E-state index is 0.266. The van der Waals surface area contributed by atoms with E-state index in [4.69, 9.17) is 0 Å². The smallest absolute Gasteiger partial charge is 0.123 e. The molecule has 22 heavy (non-hydrogen) atoms. The Morgan fingerprint density at radius 3 is 2.86 bits per heavy atom. The van der Waals surface area contributed by atoms with Gasteiger partial charge in [0.25, 0.3) is 0 Å². The van der Waals surface area contributed by atoms with Gasteiger partial charge in [-0.2, -0.15) is 11.6 Å². The second kappa shape index (κ2) is 7.46. The quantitative estimate of drug-likeness (QED) is 0.553. The maximum atomic E-state index is 9.84. The van der Waals surface area contributed by atoms with Crippen LogP contribution in [0.2, 0.25) is 0 Å². The minimum atomic E-state index is 0.266. The lowest BCUT2D eigenvalue weighted by Gasteiger charge is -2.36. The van der Waals surface area contributed by atoms with Gasteiger partial charge in [-0.1, -0.05) is 57.2 Å². The van der Waals surface area contributed by atoms with Gasteiger partial charge >= 0.3 is 0 Å². The van der Waals surface area contributed by atoms with E-state index in [1.807, 2.05) is 24.3 Å². The fraction of sp³-hybridized carbons (Fsp3) is 0.143. The van der Waals surface area contributed by atoms with E-state index in [0.717, 1.165) is 17.6 Å². The summed E-state index contributed by atoms with van der Waals surface area (Å²) < 4.78 is 0. The number of para-hydroxylation sites is 1. The number of phenols is 1. The zero-order valence-corrected chi connectivity index (χ0v) is 13.2. The van der Waals surface area contributed by atoms with Crippen molar-refractivity contribution >= 4 is 5.57 Å². The molecule has 1 aliphatic rings. The molecule has 0 heterocycles. The Balaban J connectivity index is 2.04. The third-order valence-electron chi connectivity index (χ3n) is 3.78. The van der Waals surface area contributed by atoms with Gasteiger partial charge in [0.05, 0.1) is 0 Å². The van der Waals surface area contributed by atoms with Crippen LogP contribution in [0, 0.1) is 12.3 Å². The number of hydrogen-bond donors (Lipinski definition) is 1. The van der Waals surface area contributed by atoms with Gasteiger partial charge in [-0.25, -0.2) is 23.6 Å². The molecule has 1 heteroatoms. The summed E-state index contributed by atoms with van der Waals surface area (Å²) in [5.41, 5.74) is 4.16. The fourth-order valence-electron chi connectivity index (χ4n) is 2.40. The molecule has 1 aromatic rings. The molecule has 1 nitrogen and oxygen atoms in total. The van der Waals surface area contributed by atoms with Gasteiger partial charge in [0.15, 0.2) is 0 Å². The fourth-order valence-corrected chi connectivity index (χ4v) is 2.40. The van der Waals surface area contributed by atoms with Crippen LogP contribution >= 0.6 is 0 Å².